The maximum absolute atomic E-state index is 10.6. The topological polar surface area (TPSA) is 55.1 Å². The maximum atomic E-state index is 10.6. The second-order valence-corrected chi connectivity index (χ2v) is 3.69. The third-order valence-corrected chi connectivity index (χ3v) is 2.51. The summed E-state index contributed by atoms with van der Waals surface area (Å²) in [5, 5.41) is 9.60. The molecule has 0 radical (unpaired) electrons. The quantitative estimate of drug-likeness (QED) is 0.780. The lowest BCUT2D eigenvalue weighted by Gasteiger charge is -2.02. The molecule has 0 atom stereocenters. The number of benzene rings is 1. The normalized spacial score (nSPS) is 10.4. The Labute approximate surface area is 93.2 Å². The van der Waals surface area contributed by atoms with Crippen molar-refractivity contribution in [2.75, 3.05) is 0 Å². The average Bonchev–Trinajstić information content (AvgIpc) is 2.57. The number of aromatic hydroxyl groups is 1. The largest absolute Gasteiger partial charge is 0.493 e. The summed E-state index contributed by atoms with van der Waals surface area (Å²) in [6, 6.07) is 7.74. The molecule has 82 valence electrons. The van der Waals surface area contributed by atoms with E-state index < -0.39 is 0 Å². The highest BCUT2D eigenvalue weighted by Crippen LogP contribution is 2.24. The summed E-state index contributed by atoms with van der Waals surface area (Å²) in [6.07, 6.45) is 0.549. The van der Waals surface area contributed by atoms with E-state index in [2.05, 4.69) is 4.98 Å². The van der Waals surface area contributed by atoms with Crippen molar-refractivity contribution in [3.63, 3.8) is 0 Å². The molecule has 4 heteroatoms. The summed E-state index contributed by atoms with van der Waals surface area (Å²) in [4.78, 5) is 14.7. The van der Waals surface area contributed by atoms with E-state index in [4.69, 9.17) is 0 Å². The molecule has 0 unspecified atom stereocenters. The summed E-state index contributed by atoms with van der Waals surface area (Å²) >= 11 is 0. The van der Waals surface area contributed by atoms with Crippen LogP contribution in [0.2, 0.25) is 0 Å². The standard InChI is InChI=1S/C12H12N2O2/c1-8-3-5-9(6-4-8)11-13-10(7-15)12(16)14(11)2/h3-7,16H,1-2H3. The molecule has 1 heterocycles. The molecule has 1 aromatic carbocycles. The zero-order valence-corrected chi connectivity index (χ0v) is 9.14. The van der Waals surface area contributed by atoms with E-state index >= 15 is 0 Å². The lowest BCUT2D eigenvalue weighted by molar-refractivity contribution is 0.111. The second kappa shape index (κ2) is 3.81. The number of nitrogens with zero attached hydrogens (tertiary/aromatic N) is 2. The van der Waals surface area contributed by atoms with Crippen LogP contribution in [0.4, 0.5) is 0 Å². The fourth-order valence-corrected chi connectivity index (χ4v) is 1.55. The lowest BCUT2D eigenvalue weighted by Crippen LogP contribution is -1.91. The van der Waals surface area contributed by atoms with E-state index in [9.17, 15) is 9.90 Å². The first-order valence-corrected chi connectivity index (χ1v) is 4.91. The third-order valence-electron chi connectivity index (χ3n) is 2.51. The van der Waals surface area contributed by atoms with Crippen LogP contribution >= 0.6 is 0 Å². The number of aldehydes is 1. The Balaban J connectivity index is 2.56. The van der Waals surface area contributed by atoms with E-state index in [1.54, 1.807) is 7.05 Å². The third kappa shape index (κ3) is 1.58. The van der Waals surface area contributed by atoms with E-state index in [1.165, 1.54) is 4.57 Å². The number of hydrogen-bond donors (Lipinski definition) is 1. The highest BCUT2D eigenvalue weighted by molar-refractivity contribution is 5.77. The number of aromatic nitrogens is 2. The highest BCUT2D eigenvalue weighted by Gasteiger charge is 2.13. The average molecular weight is 216 g/mol. The highest BCUT2D eigenvalue weighted by atomic mass is 16.3. The van der Waals surface area contributed by atoms with Gasteiger partial charge in [-0.15, -0.1) is 0 Å². The Kier molecular flexibility index (Phi) is 2.48. The van der Waals surface area contributed by atoms with Crippen molar-refractivity contribution in [3.05, 3.63) is 35.5 Å². The van der Waals surface area contributed by atoms with Gasteiger partial charge in [-0.3, -0.25) is 9.36 Å². The molecule has 1 N–H and O–H groups in total. The second-order valence-electron chi connectivity index (χ2n) is 3.69. The molecule has 16 heavy (non-hydrogen) atoms. The smallest absolute Gasteiger partial charge is 0.222 e. The van der Waals surface area contributed by atoms with Crippen LogP contribution in [0.1, 0.15) is 16.1 Å². The number of aryl methyl sites for hydroxylation is 1. The fraction of sp³-hybridized carbons (Fsp3) is 0.167. The van der Waals surface area contributed by atoms with Gasteiger partial charge < -0.3 is 5.11 Å². The van der Waals surface area contributed by atoms with Gasteiger partial charge in [0.2, 0.25) is 5.88 Å². The molecule has 0 aliphatic carbocycles. The Morgan fingerprint density at radius 3 is 2.44 bits per heavy atom. The summed E-state index contributed by atoms with van der Waals surface area (Å²) in [5.41, 5.74) is 2.09. The van der Waals surface area contributed by atoms with E-state index in [0.717, 1.165) is 11.1 Å². The Morgan fingerprint density at radius 2 is 1.94 bits per heavy atom. The number of rotatable bonds is 2. The lowest BCUT2D eigenvalue weighted by atomic mass is 10.1. The molecule has 0 bridgehead atoms. The first kappa shape index (κ1) is 10.4. The Bertz CT molecular complexity index is 527. The van der Waals surface area contributed by atoms with Crippen molar-refractivity contribution in [1.29, 1.82) is 0 Å². The zero-order valence-electron chi connectivity index (χ0n) is 9.14. The molecule has 1 aromatic heterocycles. The maximum Gasteiger partial charge on any atom is 0.222 e. The zero-order chi connectivity index (χ0) is 11.7. The number of carbonyl (C=O) groups is 1. The molecule has 0 aliphatic heterocycles. The molecular weight excluding hydrogens is 204 g/mol. The van der Waals surface area contributed by atoms with Gasteiger partial charge >= 0.3 is 0 Å². The molecular formula is C12H12N2O2. The molecule has 2 aromatic rings. The van der Waals surface area contributed by atoms with Crippen molar-refractivity contribution >= 4 is 6.29 Å². The molecule has 0 aliphatic rings. The van der Waals surface area contributed by atoms with Crippen LogP contribution in [0.5, 0.6) is 5.88 Å². The monoisotopic (exact) mass is 216 g/mol. The van der Waals surface area contributed by atoms with Crippen molar-refractivity contribution in [3.8, 4) is 17.3 Å². The first-order chi connectivity index (χ1) is 7.63. The number of carbonyl (C=O) groups excluding carboxylic acids is 1. The van der Waals surface area contributed by atoms with E-state index in [1.807, 2.05) is 31.2 Å². The van der Waals surface area contributed by atoms with Crippen molar-refractivity contribution in [2.45, 2.75) is 6.92 Å². The molecule has 0 fully saturated rings. The van der Waals surface area contributed by atoms with Crippen LogP contribution in [0.15, 0.2) is 24.3 Å². The fourth-order valence-electron chi connectivity index (χ4n) is 1.55. The molecule has 0 amide bonds. The number of imidazole rings is 1. The predicted octanol–water partition coefficient (Wildman–Crippen LogP) is 1.91. The van der Waals surface area contributed by atoms with Gasteiger partial charge in [0.1, 0.15) is 5.82 Å². The minimum absolute atomic E-state index is 0.0677. The van der Waals surface area contributed by atoms with Crippen LogP contribution in [-0.2, 0) is 7.05 Å². The van der Waals surface area contributed by atoms with Crippen LogP contribution in [0.25, 0.3) is 11.4 Å². The van der Waals surface area contributed by atoms with Crippen molar-refractivity contribution in [1.82, 2.24) is 9.55 Å². The van der Waals surface area contributed by atoms with Gasteiger partial charge in [0, 0.05) is 12.6 Å². The van der Waals surface area contributed by atoms with Gasteiger partial charge in [-0.05, 0) is 6.92 Å². The van der Waals surface area contributed by atoms with Gasteiger partial charge in [-0.25, -0.2) is 4.98 Å². The first-order valence-electron chi connectivity index (χ1n) is 4.91. The minimum atomic E-state index is -0.106. The van der Waals surface area contributed by atoms with Crippen LogP contribution in [-0.4, -0.2) is 20.9 Å². The van der Waals surface area contributed by atoms with Crippen molar-refractivity contribution < 1.29 is 9.90 Å². The minimum Gasteiger partial charge on any atom is -0.493 e. The Morgan fingerprint density at radius 1 is 1.31 bits per heavy atom. The molecule has 2 rings (SSSR count). The van der Waals surface area contributed by atoms with Gasteiger partial charge in [0.05, 0.1) is 0 Å². The summed E-state index contributed by atoms with van der Waals surface area (Å²) in [6.45, 7) is 2.00. The summed E-state index contributed by atoms with van der Waals surface area (Å²) in [7, 11) is 1.67. The summed E-state index contributed by atoms with van der Waals surface area (Å²) < 4.78 is 1.49. The van der Waals surface area contributed by atoms with Gasteiger partial charge in [-0.2, -0.15) is 0 Å². The van der Waals surface area contributed by atoms with Crippen LogP contribution < -0.4 is 0 Å². The molecule has 0 saturated heterocycles. The van der Waals surface area contributed by atoms with Crippen LogP contribution in [0.3, 0.4) is 0 Å². The van der Waals surface area contributed by atoms with E-state index in [-0.39, 0.29) is 11.6 Å². The van der Waals surface area contributed by atoms with Gasteiger partial charge in [-0.1, -0.05) is 29.8 Å². The van der Waals surface area contributed by atoms with Crippen LogP contribution in [0, 0.1) is 6.92 Å². The molecule has 4 nitrogen and oxygen atoms in total. The molecule has 0 saturated carbocycles. The van der Waals surface area contributed by atoms with Crippen molar-refractivity contribution in [2.24, 2.45) is 7.05 Å². The van der Waals surface area contributed by atoms with E-state index in [0.29, 0.717) is 12.1 Å². The summed E-state index contributed by atoms with van der Waals surface area (Å²) in [5.74, 6) is 0.477. The van der Waals surface area contributed by atoms with Gasteiger partial charge in [0.15, 0.2) is 12.0 Å². The Hall–Kier alpha value is -2.10. The van der Waals surface area contributed by atoms with Gasteiger partial charge in [0.25, 0.3) is 0 Å². The SMILES string of the molecule is Cc1ccc(-c2nc(C=O)c(O)n2C)cc1. The number of hydrogen-bond acceptors (Lipinski definition) is 3. The molecule has 0 spiro atoms. The predicted molar refractivity (Wildman–Crippen MR) is 60.4 cm³/mol.